The van der Waals surface area contributed by atoms with Gasteiger partial charge in [-0.15, -0.1) is 0 Å². The number of amides is 1. The van der Waals surface area contributed by atoms with E-state index in [4.69, 9.17) is 5.73 Å². The Hall–Kier alpha value is -0.610. The Morgan fingerprint density at radius 3 is 2.85 bits per heavy atom. The zero-order valence-electron chi connectivity index (χ0n) is 8.49. The highest BCUT2D eigenvalue weighted by molar-refractivity contribution is 5.79. The lowest BCUT2D eigenvalue weighted by molar-refractivity contribution is -0.137. The van der Waals surface area contributed by atoms with Crippen molar-refractivity contribution in [1.29, 1.82) is 0 Å². The lowest BCUT2D eigenvalue weighted by Gasteiger charge is -2.37. The molecule has 1 saturated heterocycles. The van der Waals surface area contributed by atoms with Gasteiger partial charge in [-0.25, -0.2) is 0 Å². The molecule has 0 aromatic rings. The molecule has 13 heavy (non-hydrogen) atoms. The van der Waals surface area contributed by atoms with Gasteiger partial charge < -0.3 is 10.6 Å². The summed E-state index contributed by atoms with van der Waals surface area (Å²) in [6.07, 6.45) is 0.976. The predicted octanol–water partition coefficient (Wildman–Crippen LogP) is -0.502. The number of carbonyl (C=O) groups excluding carboxylic acids is 1. The fraction of sp³-hybridized carbons (Fsp3) is 0.889. The topological polar surface area (TPSA) is 49.6 Å². The Bertz CT molecular complexity index is 184. The highest BCUT2D eigenvalue weighted by Crippen LogP contribution is 2.08. The van der Waals surface area contributed by atoms with Crippen molar-refractivity contribution >= 4 is 5.91 Å². The Morgan fingerprint density at radius 2 is 2.31 bits per heavy atom. The summed E-state index contributed by atoms with van der Waals surface area (Å²) < 4.78 is 0. The van der Waals surface area contributed by atoms with E-state index in [2.05, 4.69) is 11.8 Å². The second-order valence-electron chi connectivity index (χ2n) is 3.73. The summed E-state index contributed by atoms with van der Waals surface area (Å²) in [4.78, 5) is 15.4. The third-order valence-electron chi connectivity index (χ3n) is 2.61. The van der Waals surface area contributed by atoms with Crippen LogP contribution in [0.4, 0.5) is 0 Å². The van der Waals surface area contributed by atoms with Crippen LogP contribution < -0.4 is 5.73 Å². The maximum Gasteiger partial charge on any atom is 0.236 e. The van der Waals surface area contributed by atoms with E-state index < -0.39 is 0 Å². The minimum Gasteiger partial charge on any atom is -0.341 e. The Kier molecular flexibility index (Phi) is 3.69. The first-order chi connectivity index (χ1) is 6.15. The zero-order valence-corrected chi connectivity index (χ0v) is 8.49. The number of nitrogens with two attached hydrogens (primary N) is 1. The zero-order chi connectivity index (χ0) is 9.84. The summed E-state index contributed by atoms with van der Waals surface area (Å²) in [5.41, 5.74) is 5.42. The number of hydrogen-bond donors (Lipinski definition) is 1. The van der Waals surface area contributed by atoms with E-state index in [1.807, 2.05) is 11.9 Å². The molecular weight excluding hydrogens is 166 g/mol. The molecule has 4 nitrogen and oxygen atoms in total. The minimum absolute atomic E-state index is 0.218. The van der Waals surface area contributed by atoms with E-state index in [1.54, 1.807) is 0 Å². The molecule has 0 aromatic heterocycles. The normalized spacial score (nSPS) is 25.3. The van der Waals surface area contributed by atoms with Gasteiger partial charge in [-0.1, -0.05) is 0 Å². The van der Waals surface area contributed by atoms with Crippen molar-refractivity contribution in [1.82, 2.24) is 9.80 Å². The lowest BCUT2D eigenvalue weighted by Crippen LogP contribution is -2.53. The molecule has 0 bridgehead atoms. The molecule has 0 aliphatic carbocycles. The van der Waals surface area contributed by atoms with Crippen LogP contribution in [0, 0.1) is 0 Å². The van der Waals surface area contributed by atoms with E-state index in [1.165, 1.54) is 0 Å². The van der Waals surface area contributed by atoms with Crippen molar-refractivity contribution in [3.05, 3.63) is 0 Å². The van der Waals surface area contributed by atoms with Gasteiger partial charge >= 0.3 is 0 Å². The van der Waals surface area contributed by atoms with E-state index in [9.17, 15) is 4.79 Å². The molecule has 0 spiro atoms. The monoisotopic (exact) mass is 185 g/mol. The maximum absolute atomic E-state index is 11.4. The van der Waals surface area contributed by atoms with Crippen molar-refractivity contribution in [2.24, 2.45) is 5.73 Å². The number of rotatable bonds is 3. The summed E-state index contributed by atoms with van der Waals surface area (Å²) in [5, 5.41) is 0. The number of nitrogens with zero attached hydrogens (tertiary/aromatic N) is 2. The molecule has 76 valence electrons. The first kappa shape index (κ1) is 10.5. The van der Waals surface area contributed by atoms with E-state index in [-0.39, 0.29) is 5.91 Å². The molecule has 1 atom stereocenters. The van der Waals surface area contributed by atoms with E-state index in [0.29, 0.717) is 19.1 Å². The molecule has 0 saturated carbocycles. The summed E-state index contributed by atoms with van der Waals surface area (Å²) in [7, 11) is 1.87. The van der Waals surface area contributed by atoms with Gasteiger partial charge in [0.25, 0.3) is 0 Å². The first-order valence-corrected chi connectivity index (χ1v) is 4.83. The number of carbonyl (C=O) groups is 1. The van der Waals surface area contributed by atoms with Gasteiger partial charge in [0.2, 0.25) is 5.91 Å². The van der Waals surface area contributed by atoms with Gasteiger partial charge in [-0.05, 0) is 26.4 Å². The molecular formula is C9H19N3O. The van der Waals surface area contributed by atoms with Crippen LogP contribution in [0.15, 0.2) is 0 Å². The van der Waals surface area contributed by atoms with E-state index >= 15 is 0 Å². The summed E-state index contributed by atoms with van der Waals surface area (Å²) >= 11 is 0. The quantitative estimate of drug-likeness (QED) is 0.645. The van der Waals surface area contributed by atoms with Crippen molar-refractivity contribution in [3.8, 4) is 0 Å². The van der Waals surface area contributed by atoms with Gasteiger partial charge in [0.05, 0.1) is 6.54 Å². The number of piperazine rings is 1. The van der Waals surface area contributed by atoms with Gasteiger partial charge in [0.1, 0.15) is 0 Å². The number of hydrogen-bond acceptors (Lipinski definition) is 3. The standard InChI is InChI=1S/C9H19N3O/c1-8-6-12(5-3-4-10)7-9(13)11(8)2/h8H,3-7,10H2,1-2H3. The first-order valence-electron chi connectivity index (χ1n) is 4.83. The molecule has 1 heterocycles. The third-order valence-corrected chi connectivity index (χ3v) is 2.61. The van der Waals surface area contributed by atoms with Gasteiger partial charge in [0, 0.05) is 19.6 Å². The molecule has 1 amide bonds. The molecule has 2 N–H and O–H groups in total. The molecule has 4 heteroatoms. The van der Waals surface area contributed by atoms with Crippen molar-refractivity contribution in [3.63, 3.8) is 0 Å². The maximum atomic E-state index is 11.4. The predicted molar refractivity (Wildman–Crippen MR) is 52.3 cm³/mol. The van der Waals surface area contributed by atoms with Crippen LogP contribution >= 0.6 is 0 Å². The van der Waals surface area contributed by atoms with Gasteiger partial charge in [-0.2, -0.15) is 0 Å². The molecule has 1 aliphatic rings. The molecule has 0 radical (unpaired) electrons. The molecule has 1 rings (SSSR count). The fourth-order valence-electron chi connectivity index (χ4n) is 1.59. The Balaban J connectivity index is 2.39. The lowest BCUT2D eigenvalue weighted by atomic mass is 10.2. The van der Waals surface area contributed by atoms with Crippen LogP contribution in [0.5, 0.6) is 0 Å². The van der Waals surface area contributed by atoms with Crippen LogP contribution in [0.2, 0.25) is 0 Å². The molecule has 0 aromatic carbocycles. The summed E-state index contributed by atoms with van der Waals surface area (Å²) in [6.45, 7) is 5.25. The highest BCUT2D eigenvalue weighted by atomic mass is 16.2. The summed E-state index contributed by atoms with van der Waals surface area (Å²) in [6, 6.07) is 0.332. The van der Waals surface area contributed by atoms with Crippen LogP contribution in [0.3, 0.4) is 0 Å². The molecule has 1 fully saturated rings. The van der Waals surface area contributed by atoms with Crippen LogP contribution in [-0.2, 0) is 4.79 Å². The van der Waals surface area contributed by atoms with Crippen LogP contribution in [-0.4, -0.2) is 55.0 Å². The van der Waals surface area contributed by atoms with Crippen LogP contribution in [0.1, 0.15) is 13.3 Å². The third kappa shape index (κ3) is 2.67. The van der Waals surface area contributed by atoms with Gasteiger partial charge in [0.15, 0.2) is 0 Å². The largest absolute Gasteiger partial charge is 0.341 e. The Labute approximate surface area is 79.7 Å². The molecule has 1 unspecified atom stereocenters. The second-order valence-corrected chi connectivity index (χ2v) is 3.73. The average Bonchev–Trinajstić information content (AvgIpc) is 2.10. The second kappa shape index (κ2) is 4.58. The van der Waals surface area contributed by atoms with Gasteiger partial charge in [-0.3, -0.25) is 9.69 Å². The fourth-order valence-corrected chi connectivity index (χ4v) is 1.59. The summed E-state index contributed by atoms with van der Waals surface area (Å²) in [5.74, 6) is 0.218. The van der Waals surface area contributed by atoms with E-state index in [0.717, 1.165) is 19.5 Å². The van der Waals surface area contributed by atoms with Crippen molar-refractivity contribution < 1.29 is 4.79 Å². The average molecular weight is 185 g/mol. The van der Waals surface area contributed by atoms with Crippen molar-refractivity contribution in [2.45, 2.75) is 19.4 Å². The van der Waals surface area contributed by atoms with Crippen LogP contribution in [0.25, 0.3) is 0 Å². The smallest absolute Gasteiger partial charge is 0.236 e. The highest BCUT2D eigenvalue weighted by Gasteiger charge is 2.25. The Morgan fingerprint density at radius 1 is 1.62 bits per heavy atom. The number of likely N-dealkylation sites (N-methyl/N-ethyl adjacent to an activating group) is 1. The SMILES string of the molecule is CC1CN(CCCN)CC(=O)N1C. The minimum atomic E-state index is 0.218. The molecule has 1 aliphatic heterocycles. The van der Waals surface area contributed by atoms with Crippen molar-refractivity contribution in [2.75, 3.05) is 33.2 Å².